The fourth-order valence-electron chi connectivity index (χ4n) is 3.38. The smallest absolute Gasteiger partial charge is 0.191 e. The van der Waals surface area contributed by atoms with Gasteiger partial charge in [0.05, 0.1) is 17.9 Å². The molecule has 1 aromatic carbocycles. The summed E-state index contributed by atoms with van der Waals surface area (Å²) in [5.41, 5.74) is 6.85. The van der Waals surface area contributed by atoms with Crippen LogP contribution in [0.25, 0.3) is 5.69 Å². The van der Waals surface area contributed by atoms with Crippen LogP contribution in [0.5, 0.6) is 0 Å². The number of para-hydroxylation sites is 1. The molecule has 0 spiro atoms. The number of aliphatic hydroxyl groups is 1. The summed E-state index contributed by atoms with van der Waals surface area (Å²) < 4.78 is 7.15. The van der Waals surface area contributed by atoms with Crippen molar-refractivity contribution in [3.63, 3.8) is 0 Å². The van der Waals surface area contributed by atoms with Crippen LogP contribution >= 0.6 is 0 Å². The molecule has 0 bridgehead atoms. The predicted molar refractivity (Wildman–Crippen MR) is 128 cm³/mol. The van der Waals surface area contributed by atoms with Gasteiger partial charge in [-0.2, -0.15) is 10.4 Å². The summed E-state index contributed by atoms with van der Waals surface area (Å²) in [6, 6.07) is 15.3. The number of hydrogen-bond donors (Lipinski definition) is 4. The van der Waals surface area contributed by atoms with Crippen LogP contribution in [0.1, 0.15) is 43.0 Å². The van der Waals surface area contributed by atoms with E-state index in [2.05, 4.69) is 26.8 Å². The number of furan rings is 1. The van der Waals surface area contributed by atoms with Crippen LogP contribution in [0, 0.1) is 18.3 Å². The molecule has 0 aliphatic carbocycles. The quantitative estimate of drug-likeness (QED) is 0.224. The zero-order chi connectivity index (χ0) is 23.8. The zero-order valence-corrected chi connectivity index (χ0v) is 19.3. The number of nitrogens with zero attached hydrogens (tertiary/aromatic N) is 4. The topological polar surface area (TPSA) is 137 Å². The number of aliphatic imine (C=N–C) groups is 1. The Morgan fingerprint density at radius 1 is 1.27 bits per heavy atom. The van der Waals surface area contributed by atoms with Gasteiger partial charge in [-0.3, -0.25) is 0 Å². The number of benzene rings is 1. The first-order valence-corrected chi connectivity index (χ1v) is 11.0. The minimum atomic E-state index is -1.21. The van der Waals surface area contributed by atoms with Crippen LogP contribution in [-0.4, -0.2) is 40.5 Å². The number of hydrogen-bond acceptors (Lipinski definition) is 6. The Balaban J connectivity index is 1.60. The molecule has 0 saturated carbocycles. The maximum absolute atomic E-state index is 10.7. The summed E-state index contributed by atoms with van der Waals surface area (Å²) in [5, 5.41) is 31.3. The van der Waals surface area contributed by atoms with E-state index in [1.165, 1.54) is 0 Å². The van der Waals surface area contributed by atoms with Gasteiger partial charge < -0.3 is 25.9 Å². The molecular weight excluding hydrogens is 418 g/mol. The van der Waals surface area contributed by atoms with Crippen molar-refractivity contribution >= 4 is 11.8 Å². The average Bonchev–Trinajstić information content (AvgIpc) is 3.39. The van der Waals surface area contributed by atoms with E-state index in [9.17, 15) is 10.4 Å². The van der Waals surface area contributed by atoms with E-state index in [1.807, 2.05) is 50.2 Å². The van der Waals surface area contributed by atoms with Gasteiger partial charge in [0.25, 0.3) is 0 Å². The highest BCUT2D eigenvalue weighted by Crippen LogP contribution is 2.23. The summed E-state index contributed by atoms with van der Waals surface area (Å²) in [5.74, 6) is 2.16. The Hall–Kier alpha value is -3.77. The highest BCUT2D eigenvalue weighted by molar-refractivity contribution is 5.79. The SMILES string of the molecule is CCNC(=NCC(C)(O)c1ccc(C)o1)NCCCc1nn(-c2ccccc2)c(N)c1C#N. The van der Waals surface area contributed by atoms with Gasteiger partial charge in [0, 0.05) is 13.1 Å². The molecule has 0 aliphatic heterocycles. The van der Waals surface area contributed by atoms with Gasteiger partial charge in [-0.15, -0.1) is 0 Å². The number of guanidine groups is 1. The van der Waals surface area contributed by atoms with Crippen molar-refractivity contribution in [2.75, 3.05) is 25.4 Å². The molecule has 0 amide bonds. The standard InChI is InChI=1S/C24H31N7O2/c1-4-27-23(29-16-24(3,32)21-13-12-17(2)33-21)28-14-8-11-20-19(15-25)22(26)31(30-20)18-9-6-5-7-10-18/h5-7,9-10,12-13,32H,4,8,11,14,16,26H2,1-3H3,(H2,27,28,29). The number of nitriles is 1. The molecule has 0 aliphatic rings. The molecule has 3 aromatic rings. The van der Waals surface area contributed by atoms with Gasteiger partial charge in [-0.1, -0.05) is 18.2 Å². The van der Waals surface area contributed by atoms with Crippen molar-refractivity contribution in [1.82, 2.24) is 20.4 Å². The molecule has 5 N–H and O–H groups in total. The molecule has 1 atom stereocenters. The van der Waals surface area contributed by atoms with E-state index >= 15 is 0 Å². The molecular formula is C24H31N7O2. The normalized spacial score (nSPS) is 13.4. The molecule has 174 valence electrons. The van der Waals surface area contributed by atoms with Crippen LogP contribution in [0.3, 0.4) is 0 Å². The largest absolute Gasteiger partial charge is 0.463 e. The third-order valence-corrected chi connectivity index (χ3v) is 5.15. The number of aromatic nitrogens is 2. The van der Waals surface area contributed by atoms with E-state index < -0.39 is 5.60 Å². The van der Waals surface area contributed by atoms with Crippen molar-refractivity contribution in [3.8, 4) is 11.8 Å². The highest BCUT2D eigenvalue weighted by atomic mass is 16.4. The summed E-state index contributed by atoms with van der Waals surface area (Å²) in [4.78, 5) is 4.50. The predicted octanol–water partition coefficient (Wildman–Crippen LogP) is 2.62. The third kappa shape index (κ3) is 5.93. The van der Waals surface area contributed by atoms with Gasteiger partial charge in [0.1, 0.15) is 34.6 Å². The van der Waals surface area contributed by atoms with Crippen LogP contribution in [0.15, 0.2) is 51.9 Å². The minimum absolute atomic E-state index is 0.145. The molecule has 0 radical (unpaired) electrons. The summed E-state index contributed by atoms with van der Waals surface area (Å²) in [7, 11) is 0. The first kappa shape index (κ1) is 23.9. The monoisotopic (exact) mass is 449 g/mol. The lowest BCUT2D eigenvalue weighted by Gasteiger charge is -2.19. The Labute approximate surface area is 193 Å². The molecule has 0 saturated heterocycles. The summed E-state index contributed by atoms with van der Waals surface area (Å²) in [6.07, 6.45) is 1.31. The first-order chi connectivity index (χ1) is 15.9. The number of nitrogens with two attached hydrogens (primary N) is 1. The summed E-state index contributed by atoms with van der Waals surface area (Å²) in [6.45, 7) is 6.93. The fraction of sp³-hybridized carbons (Fsp3) is 0.375. The van der Waals surface area contributed by atoms with Gasteiger partial charge >= 0.3 is 0 Å². The van der Waals surface area contributed by atoms with Gasteiger partial charge in [-0.05, 0) is 57.9 Å². The fourth-order valence-corrected chi connectivity index (χ4v) is 3.38. The van der Waals surface area contributed by atoms with Crippen molar-refractivity contribution in [2.24, 2.45) is 4.99 Å². The second-order valence-corrected chi connectivity index (χ2v) is 7.98. The van der Waals surface area contributed by atoms with Crippen LogP contribution in [-0.2, 0) is 12.0 Å². The molecule has 1 unspecified atom stereocenters. The summed E-state index contributed by atoms with van der Waals surface area (Å²) >= 11 is 0. The molecule has 33 heavy (non-hydrogen) atoms. The molecule has 9 nitrogen and oxygen atoms in total. The van der Waals surface area contributed by atoms with E-state index in [0.717, 1.165) is 17.9 Å². The number of rotatable bonds is 9. The van der Waals surface area contributed by atoms with E-state index in [1.54, 1.807) is 17.7 Å². The van der Waals surface area contributed by atoms with E-state index in [0.29, 0.717) is 48.3 Å². The maximum atomic E-state index is 10.7. The Morgan fingerprint density at radius 2 is 2.03 bits per heavy atom. The number of anilines is 1. The molecule has 0 fully saturated rings. The van der Waals surface area contributed by atoms with Gasteiger partial charge in [0.15, 0.2) is 5.96 Å². The highest BCUT2D eigenvalue weighted by Gasteiger charge is 2.26. The Morgan fingerprint density at radius 3 is 2.67 bits per heavy atom. The van der Waals surface area contributed by atoms with Crippen LogP contribution in [0.4, 0.5) is 5.82 Å². The van der Waals surface area contributed by atoms with Crippen molar-refractivity contribution in [3.05, 3.63) is 65.2 Å². The third-order valence-electron chi connectivity index (χ3n) is 5.15. The number of nitrogen functional groups attached to an aromatic ring is 1. The number of nitrogens with one attached hydrogen (secondary N) is 2. The second kappa shape index (κ2) is 10.7. The first-order valence-electron chi connectivity index (χ1n) is 11.0. The number of aryl methyl sites for hydroxylation is 2. The second-order valence-electron chi connectivity index (χ2n) is 7.98. The zero-order valence-electron chi connectivity index (χ0n) is 19.3. The Kier molecular flexibility index (Phi) is 7.74. The molecule has 2 heterocycles. The molecule has 9 heteroatoms. The Bertz CT molecular complexity index is 1120. The molecule has 3 rings (SSSR count). The maximum Gasteiger partial charge on any atom is 0.191 e. The lowest BCUT2D eigenvalue weighted by Crippen LogP contribution is -2.39. The van der Waals surface area contributed by atoms with Gasteiger partial charge in [-0.25, -0.2) is 9.67 Å². The van der Waals surface area contributed by atoms with Crippen LogP contribution < -0.4 is 16.4 Å². The van der Waals surface area contributed by atoms with Crippen LogP contribution in [0.2, 0.25) is 0 Å². The lowest BCUT2D eigenvalue weighted by molar-refractivity contribution is 0.0428. The minimum Gasteiger partial charge on any atom is -0.463 e. The van der Waals surface area contributed by atoms with E-state index in [-0.39, 0.29) is 6.54 Å². The van der Waals surface area contributed by atoms with Crippen molar-refractivity contribution < 1.29 is 9.52 Å². The van der Waals surface area contributed by atoms with Gasteiger partial charge in [0.2, 0.25) is 0 Å². The van der Waals surface area contributed by atoms with Crippen molar-refractivity contribution in [1.29, 1.82) is 5.26 Å². The average molecular weight is 450 g/mol. The van der Waals surface area contributed by atoms with E-state index in [4.69, 9.17) is 10.2 Å². The molecule has 2 aromatic heterocycles. The van der Waals surface area contributed by atoms with Crippen molar-refractivity contribution in [2.45, 2.75) is 39.2 Å². The lowest BCUT2D eigenvalue weighted by atomic mass is 10.0.